The van der Waals surface area contributed by atoms with E-state index in [0.717, 1.165) is 66.8 Å². The van der Waals surface area contributed by atoms with Gasteiger partial charge >= 0.3 is 0 Å². The van der Waals surface area contributed by atoms with Crippen LogP contribution in [0.5, 0.6) is 0 Å². The Labute approximate surface area is 353 Å². The van der Waals surface area contributed by atoms with Crippen LogP contribution in [0, 0.1) is 83.1 Å². The van der Waals surface area contributed by atoms with Gasteiger partial charge in [-0.3, -0.25) is 4.40 Å². The third-order valence-electron chi connectivity index (χ3n) is 13.0. The van der Waals surface area contributed by atoms with Gasteiger partial charge < -0.3 is 4.98 Å². The normalized spacial score (nSPS) is 14.5. The Bertz CT molecular complexity index is 3330. The SMILES string of the molecule is Cc1cc(C)c(C2=C3C=CC(=N3)C(c3c(C)cc(C)cc3C)=c3ccc([nH]3)=C(c3c(C)cc(C)cc3C)C3=Cc4c(-c5c(C)cc(C)cc5C)c5ccc2n5c4=N3)c(C)c1. The first-order valence-electron chi connectivity index (χ1n) is 21.2. The van der Waals surface area contributed by atoms with E-state index in [2.05, 4.69) is 183 Å². The quantitative estimate of drug-likeness (QED) is 0.185. The van der Waals surface area contributed by atoms with Gasteiger partial charge in [-0.05, 0) is 192 Å². The molecule has 6 heterocycles. The molecule has 3 aliphatic heterocycles. The van der Waals surface area contributed by atoms with Gasteiger partial charge in [-0.2, -0.15) is 0 Å². The number of hydrogen-bond acceptors (Lipinski definition) is 2. The van der Waals surface area contributed by atoms with Crippen molar-refractivity contribution in [2.24, 2.45) is 9.98 Å². The number of benzene rings is 4. The van der Waals surface area contributed by atoms with E-state index in [1.54, 1.807) is 0 Å². The lowest BCUT2D eigenvalue weighted by atomic mass is 9.90. The van der Waals surface area contributed by atoms with Crippen molar-refractivity contribution in [1.82, 2.24) is 9.38 Å². The minimum Gasteiger partial charge on any atom is -0.354 e. The first-order chi connectivity index (χ1) is 28.7. The van der Waals surface area contributed by atoms with Crippen molar-refractivity contribution in [3.05, 3.63) is 207 Å². The molecule has 0 atom stereocenters. The highest BCUT2D eigenvalue weighted by Gasteiger charge is 2.31. The van der Waals surface area contributed by atoms with Crippen LogP contribution in [0.2, 0.25) is 0 Å². The Morgan fingerprint density at radius 2 is 0.883 bits per heavy atom. The fourth-order valence-corrected chi connectivity index (χ4v) is 11.2. The first kappa shape index (κ1) is 37.7. The molecule has 4 heteroatoms. The lowest BCUT2D eigenvalue weighted by molar-refractivity contribution is 1.06. The molecule has 1 N–H and O–H groups in total. The number of nitrogens with zero attached hydrogens (tertiary/aromatic N) is 3. The third kappa shape index (κ3) is 5.64. The summed E-state index contributed by atoms with van der Waals surface area (Å²) in [6, 6.07) is 27.6. The van der Waals surface area contributed by atoms with E-state index < -0.39 is 0 Å². The predicted octanol–water partition coefficient (Wildman–Crippen LogP) is 11.2. The lowest BCUT2D eigenvalue weighted by Crippen LogP contribution is -2.21. The Morgan fingerprint density at radius 3 is 1.40 bits per heavy atom. The van der Waals surface area contributed by atoms with Crippen molar-refractivity contribution < 1.29 is 0 Å². The molecule has 4 aromatic carbocycles. The van der Waals surface area contributed by atoms with Gasteiger partial charge in [0, 0.05) is 38.5 Å². The van der Waals surface area contributed by atoms with Crippen molar-refractivity contribution in [2.45, 2.75) is 83.1 Å². The second-order valence-electron chi connectivity index (χ2n) is 17.9. The number of aliphatic imine (C=N–C) groups is 1. The number of nitrogens with one attached hydrogen (secondary N) is 1. The predicted molar refractivity (Wildman–Crippen MR) is 251 cm³/mol. The highest BCUT2D eigenvalue weighted by Crippen LogP contribution is 2.43. The number of aromatic nitrogens is 2. The molecule has 0 spiro atoms. The number of aryl methyl sites for hydroxylation is 12. The average Bonchev–Trinajstić information content (AvgIpc) is 3.99. The zero-order chi connectivity index (χ0) is 42.0. The van der Waals surface area contributed by atoms with Crippen LogP contribution in [0.3, 0.4) is 0 Å². The van der Waals surface area contributed by atoms with Gasteiger partial charge in [0.25, 0.3) is 0 Å². The molecule has 3 aromatic heterocycles. The summed E-state index contributed by atoms with van der Waals surface area (Å²) in [4.78, 5) is 15.5. The molecule has 296 valence electrons. The largest absolute Gasteiger partial charge is 0.354 e. The number of hydrogen-bond donors (Lipinski definition) is 1. The number of aromatic amines is 1. The summed E-state index contributed by atoms with van der Waals surface area (Å²) in [5.41, 5.74) is 31.7. The summed E-state index contributed by atoms with van der Waals surface area (Å²) in [5.74, 6) is 0. The van der Waals surface area contributed by atoms with Crippen molar-refractivity contribution in [3.63, 3.8) is 0 Å². The fourth-order valence-electron chi connectivity index (χ4n) is 11.2. The third-order valence-corrected chi connectivity index (χ3v) is 13.0. The molecule has 0 unspecified atom stereocenters. The van der Waals surface area contributed by atoms with Gasteiger partial charge in [-0.1, -0.05) is 70.8 Å². The van der Waals surface area contributed by atoms with Gasteiger partial charge in [-0.25, -0.2) is 9.98 Å². The molecule has 6 bridgehead atoms. The summed E-state index contributed by atoms with van der Waals surface area (Å²) in [6.07, 6.45) is 6.84. The van der Waals surface area contributed by atoms with Crippen LogP contribution in [0.1, 0.15) is 94.7 Å². The maximum atomic E-state index is 5.78. The zero-order valence-corrected chi connectivity index (χ0v) is 37.0. The van der Waals surface area contributed by atoms with Crippen LogP contribution >= 0.6 is 0 Å². The standard InChI is InChI=1S/C56H52N4/c1-28-19-32(5)48(33(6)20-28)52-40-27-45-54(50-36(9)23-30(3)24-37(50)10)43-14-13-41(57-43)53(49-34(7)21-29(2)22-35(49)8)42-15-16-44(58-42)55(51-38(11)25-31(4)26-39(51)12)47-18-17-46(52)60(47)56(40)59-45/h13-27,57H,1-12H3. The lowest BCUT2D eigenvalue weighted by Gasteiger charge is -2.18. The monoisotopic (exact) mass is 780 g/mol. The van der Waals surface area contributed by atoms with Crippen LogP contribution in [0.25, 0.3) is 39.4 Å². The second-order valence-corrected chi connectivity index (χ2v) is 17.9. The summed E-state index contributed by atoms with van der Waals surface area (Å²) in [6.45, 7) is 26.7. The van der Waals surface area contributed by atoms with Crippen molar-refractivity contribution in [3.8, 4) is 11.1 Å². The Balaban J connectivity index is 1.44. The summed E-state index contributed by atoms with van der Waals surface area (Å²) in [7, 11) is 0. The molecule has 0 amide bonds. The van der Waals surface area contributed by atoms with E-state index in [-0.39, 0.29) is 0 Å². The van der Waals surface area contributed by atoms with Gasteiger partial charge in [0.2, 0.25) is 0 Å². The summed E-state index contributed by atoms with van der Waals surface area (Å²) < 4.78 is 2.44. The van der Waals surface area contributed by atoms with Crippen LogP contribution < -0.4 is 16.2 Å². The molecule has 0 aliphatic carbocycles. The number of rotatable bonds is 4. The van der Waals surface area contributed by atoms with Crippen LogP contribution in [-0.2, 0) is 0 Å². The van der Waals surface area contributed by atoms with E-state index in [0.29, 0.717) is 0 Å². The zero-order valence-electron chi connectivity index (χ0n) is 37.0. The minimum absolute atomic E-state index is 0.951. The topological polar surface area (TPSA) is 44.9 Å². The van der Waals surface area contributed by atoms with Gasteiger partial charge in [0.15, 0.2) is 0 Å². The Hall–Kier alpha value is -6.52. The van der Waals surface area contributed by atoms with E-state index in [1.807, 2.05) is 0 Å². The maximum Gasteiger partial charge on any atom is 0.146 e. The maximum absolute atomic E-state index is 5.78. The molecular weight excluding hydrogens is 729 g/mol. The van der Waals surface area contributed by atoms with Crippen LogP contribution in [-0.4, -0.2) is 15.1 Å². The Morgan fingerprint density at radius 1 is 0.433 bits per heavy atom. The van der Waals surface area contributed by atoms with E-state index in [9.17, 15) is 0 Å². The van der Waals surface area contributed by atoms with E-state index >= 15 is 0 Å². The molecule has 3 aliphatic rings. The van der Waals surface area contributed by atoms with E-state index in [4.69, 9.17) is 9.98 Å². The molecule has 0 saturated heterocycles. The van der Waals surface area contributed by atoms with E-state index in [1.165, 1.54) is 94.6 Å². The van der Waals surface area contributed by atoms with Crippen LogP contribution in [0.4, 0.5) is 0 Å². The molecular formula is C56H52N4. The van der Waals surface area contributed by atoms with Gasteiger partial charge in [0.05, 0.1) is 28.3 Å². The first-order valence-corrected chi connectivity index (χ1v) is 21.2. The number of allylic oxidation sites excluding steroid dienone is 3. The molecule has 0 saturated carbocycles. The highest BCUT2D eigenvalue weighted by molar-refractivity contribution is 6.31. The van der Waals surface area contributed by atoms with Gasteiger partial charge in [0.1, 0.15) is 5.49 Å². The fraction of sp³-hybridized carbons (Fsp3) is 0.214. The highest BCUT2D eigenvalue weighted by atomic mass is 15.0. The number of fused-ring (bicyclic) bond motifs is 4. The molecule has 10 rings (SSSR count). The summed E-state index contributed by atoms with van der Waals surface area (Å²) in [5, 5.41) is 2.07. The molecule has 0 radical (unpaired) electrons. The molecule has 60 heavy (non-hydrogen) atoms. The van der Waals surface area contributed by atoms with Crippen molar-refractivity contribution in [1.29, 1.82) is 0 Å². The van der Waals surface area contributed by atoms with Crippen LogP contribution in [0.15, 0.2) is 106 Å². The minimum atomic E-state index is 0.951. The molecule has 0 fully saturated rings. The summed E-state index contributed by atoms with van der Waals surface area (Å²) >= 11 is 0. The van der Waals surface area contributed by atoms with Gasteiger partial charge in [-0.15, -0.1) is 0 Å². The average molecular weight is 781 g/mol. The van der Waals surface area contributed by atoms with Crippen molar-refractivity contribution in [2.75, 3.05) is 0 Å². The molecule has 4 nitrogen and oxygen atoms in total. The van der Waals surface area contributed by atoms with Crippen molar-refractivity contribution >= 4 is 34.0 Å². The molecule has 7 aromatic rings. The number of H-pyrrole nitrogens is 1. The smallest absolute Gasteiger partial charge is 0.146 e. The Kier molecular flexibility index (Phi) is 8.49. The second kappa shape index (κ2) is 13.5.